The summed E-state index contributed by atoms with van der Waals surface area (Å²) in [4.78, 5) is 0. The molecule has 3 unspecified atom stereocenters. The molecule has 16 heavy (non-hydrogen) atoms. The van der Waals surface area contributed by atoms with Crippen molar-refractivity contribution in [1.29, 1.82) is 5.26 Å². The van der Waals surface area contributed by atoms with Gasteiger partial charge in [-0.15, -0.1) is 0 Å². The quantitative estimate of drug-likeness (QED) is 0.767. The molecule has 2 rings (SSSR count). The summed E-state index contributed by atoms with van der Waals surface area (Å²) in [5.41, 5.74) is -0.270. The van der Waals surface area contributed by atoms with E-state index in [0.29, 0.717) is 16.5 Å². The van der Waals surface area contributed by atoms with Gasteiger partial charge in [0.1, 0.15) is 5.54 Å². The molecule has 0 spiro atoms. The summed E-state index contributed by atoms with van der Waals surface area (Å²) in [5, 5.41) is 22.7. The van der Waals surface area contributed by atoms with E-state index in [1.807, 2.05) is 18.7 Å². The van der Waals surface area contributed by atoms with E-state index in [0.717, 1.165) is 19.3 Å². The van der Waals surface area contributed by atoms with E-state index >= 15 is 0 Å². The molecule has 0 aromatic carbocycles. The Morgan fingerprint density at radius 1 is 1.56 bits per heavy atom. The second-order valence-electron chi connectivity index (χ2n) is 5.11. The highest BCUT2D eigenvalue weighted by Gasteiger charge is 2.43. The molecule has 2 saturated carbocycles. The SMILES string of the molecule is CC(CO)SC1CCC(C#N)(NC2CC2)C1. The van der Waals surface area contributed by atoms with Gasteiger partial charge in [0.05, 0.1) is 12.7 Å². The van der Waals surface area contributed by atoms with Crippen LogP contribution in [0.25, 0.3) is 0 Å². The number of hydrogen-bond acceptors (Lipinski definition) is 4. The molecule has 0 saturated heterocycles. The van der Waals surface area contributed by atoms with Crippen LogP contribution in [0.1, 0.15) is 39.0 Å². The molecule has 90 valence electrons. The summed E-state index contributed by atoms with van der Waals surface area (Å²) in [6.45, 7) is 2.28. The van der Waals surface area contributed by atoms with Gasteiger partial charge in [-0.2, -0.15) is 17.0 Å². The summed E-state index contributed by atoms with van der Waals surface area (Å²) in [7, 11) is 0. The average Bonchev–Trinajstić information content (AvgIpc) is 3.00. The van der Waals surface area contributed by atoms with E-state index in [9.17, 15) is 5.26 Å². The zero-order valence-corrected chi connectivity index (χ0v) is 10.6. The Balaban J connectivity index is 1.86. The lowest BCUT2D eigenvalue weighted by Gasteiger charge is -2.23. The smallest absolute Gasteiger partial charge is 0.108 e. The number of thioether (sulfide) groups is 1. The lowest BCUT2D eigenvalue weighted by molar-refractivity contribution is 0.299. The summed E-state index contributed by atoms with van der Waals surface area (Å²) in [6.07, 6.45) is 5.47. The monoisotopic (exact) mass is 240 g/mol. The van der Waals surface area contributed by atoms with Crippen LogP contribution in [0, 0.1) is 11.3 Å². The van der Waals surface area contributed by atoms with Gasteiger partial charge in [-0.3, -0.25) is 5.32 Å². The first-order valence-corrected chi connectivity index (χ1v) is 7.07. The van der Waals surface area contributed by atoms with Crippen LogP contribution in [0.2, 0.25) is 0 Å². The molecule has 0 aliphatic heterocycles. The minimum Gasteiger partial charge on any atom is -0.395 e. The number of nitrogens with one attached hydrogen (secondary N) is 1. The average molecular weight is 240 g/mol. The molecule has 0 bridgehead atoms. The maximum absolute atomic E-state index is 9.33. The molecule has 0 heterocycles. The standard InChI is InChI=1S/C12H20N2OS/c1-9(7-15)16-11-4-5-12(6-11,8-13)14-10-2-3-10/h9-11,14-15H,2-7H2,1H3. The van der Waals surface area contributed by atoms with E-state index in [4.69, 9.17) is 5.11 Å². The topological polar surface area (TPSA) is 56.0 Å². The van der Waals surface area contributed by atoms with Crippen LogP contribution in [0.4, 0.5) is 0 Å². The first-order valence-electron chi connectivity index (χ1n) is 6.13. The number of rotatable bonds is 5. The van der Waals surface area contributed by atoms with Crippen LogP contribution in [0.5, 0.6) is 0 Å². The molecule has 0 aromatic heterocycles. The van der Waals surface area contributed by atoms with Crippen molar-refractivity contribution in [2.75, 3.05) is 6.61 Å². The van der Waals surface area contributed by atoms with Gasteiger partial charge >= 0.3 is 0 Å². The van der Waals surface area contributed by atoms with Crippen LogP contribution in [0.15, 0.2) is 0 Å². The molecule has 0 radical (unpaired) electrons. The largest absolute Gasteiger partial charge is 0.395 e. The van der Waals surface area contributed by atoms with Crippen LogP contribution < -0.4 is 5.32 Å². The Labute approximate surface area is 102 Å². The van der Waals surface area contributed by atoms with Crippen LogP contribution in [-0.4, -0.2) is 33.8 Å². The van der Waals surface area contributed by atoms with Crippen molar-refractivity contribution in [2.45, 2.75) is 61.1 Å². The Kier molecular flexibility index (Phi) is 3.78. The van der Waals surface area contributed by atoms with Gasteiger partial charge in [0.25, 0.3) is 0 Å². The van der Waals surface area contributed by atoms with Gasteiger partial charge in [0.15, 0.2) is 0 Å². The Hall–Kier alpha value is -0.240. The molecule has 3 atom stereocenters. The number of hydrogen-bond donors (Lipinski definition) is 2. The zero-order chi connectivity index (χ0) is 11.6. The van der Waals surface area contributed by atoms with Gasteiger partial charge in [0.2, 0.25) is 0 Å². The second kappa shape index (κ2) is 4.95. The first-order chi connectivity index (χ1) is 7.67. The molecular weight excluding hydrogens is 220 g/mol. The number of aliphatic hydroxyl groups is 1. The van der Waals surface area contributed by atoms with Crippen LogP contribution in [-0.2, 0) is 0 Å². The van der Waals surface area contributed by atoms with E-state index < -0.39 is 0 Å². The van der Waals surface area contributed by atoms with Gasteiger partial charge in [-0.05, 0) is 32.1 Å². The third kappa shape index (κ3) is 2.91. The van der Waals surface area contributed by atoms with E-state index in [-0.39, 0.29) is 12.1 Å². The van der Waals surface area contributed by atoms with Gasteiger partial charge in [0, 0.05) is 16.5 Å². The van der Waals surface area contributed by atoms with Gasteiger partial charge < -0.3 is 5.11 Å². The summed E-state index contributed by atoms with van der Waals surface area (Å²) in [6, 6.07) is 3.08. The Morgan fingerprint density at radius 2 is 2.31 bits per heavy atom. The molecule has 0 amide bonds. The first kappa shape index (κ1) is 12.2. The van der Waals surface area contributed by atoms with Crippen molar-refractivity contribution in [2.24, 2.45) is 0 Å². The van der Waals surface area contributed by atoms with Crippen molar-refractivity contribution in [3.05, 3.63) is 0 Å². The zero-order valence-electron chi connectivity index (χ0n) is 9.78. The van der Waals surface area contributed by atoms with Crippen LogP contribution in [0.3, 0.4) is 0 Å². The third-order valence-electron chi connectivity index (χ3n) is 3.42. The van der Waals surface area contributed by atoms with Gasteiger partial charge in [-0.1, -0.05) is 6.92 Å². The molecule has 2 N–H and O–H groups in total. The highest BCUT2D eigenvalue weighted by molar-refractivity contribution is 8.00. The number of nitriles is 1. The molecule has 0 aromatic rings. The minimum absolute atomic E-state index is 0.233. The predicted molar refractivity (Wildman–Crippen MR) is 66.3 cm³/mol. The van der Waals surface area contributed by atoms with Crippen molar-refractivity contribution in [3.8, 4) is 6.07 Å². The molecule has 4 heteroatoms. The maximum atomic E-state index is 9.33. The summed E-state index contributed by atoms with van der Waals surface area (Å²) in [5.74, 6) is 0. The Bertz CT molecular complexity index is 287. The maximum Gasteiger partial charge on any atom is 0.108 e. The normalized spacial score (nSPS) is 35.9. The van der Waals surface area contributed by atoms with Crippen molar-refractivity contribution >= 4 is 11.8 Å². The van der Waals surface area contributed by atoms with Crippen molar-refractivity contribution < 1.29 is 5.11 Å². The summed E-state index contributed by atoms with van der Waals surface area (Å²) < 4.78 is 0. The highest BCUT2D eigenvalue weighted by atomic mass is 32.2. The lowest BCUT2D eigenvalue weighted by atomic mass is 10.00. The minimum atomic E-state index is -0.270. The molecular formula is C12H20N2OS. The van der Waals surface area contributed by atoms with Crippen molar-refractivity contribution in [3.63, 3.8) is 0 Å². The molecule has 3 nitrogen and oxygen atoms in total. The Morgan fingerprint density at radius 3 is 2.88 bits per heavy atom. The number of aliphatic hydroxyl groups excluding tert-OH is 1. The summed E-state index contributed by atoms with van der Waals surface area (Å²) >= 11 is 1.83. The van der Waals surface area contributed by atoms with Crippen molar-refractivity contribution in [1.82, 2.24) is 5.32 Å². The van der Waals surface area contributed by atoms with E-state index in [1.165, 1.54) is 12.8 Å². The fraction of sp³-hybridized carbons (Fsp3) is 0.917. The highest BCUT2D eigenvalue weighted by Crippen LogP contribution is 2.40. The van der Waals surface area contributed by atoms with E-state index in [2.05, 4.69) is 11.4 Å². The molecule has 2 aliphatic rings. The lowest BCUT2D eigenvalue weighted by Crippen LogP contribution is -2.43. The third-order valence-corrected chi connectivity index (χ3v) is 4.82. The molecule has 2 aliphatic carbocycles. The fourth-order valence-electron chi connectivity index (χ4n) is 2.37. The van der Waals surface area contributed by atoms with Gasteiger partial charge in [-0.25, -0.2) is 0 Å². The van der Waals surface area contributed by atoms with Crippen LogP contribution >= 0.6 is 11.8 Å². The van der Waals surface area contributed by atoms with E-state index in [1.54, 1.807) is 0 Å². The second-order valence-corrected chi connectivity index (χ2v) is 6.85. The fourth-order valence-corrected chi connectivity index (χ4v) is 3.75. The molecule has 2 fully saturated rings. The number of nitrogens with zero attached hydrogens (tertiary/aromatic N) is 1. The predicted octanol–water partition coefficient (Wildman–Crippen LogP) is 1.67.